The van der Waals surface area contributed by atoms with E-state index in [1.165, 1.54) is 30.6 Å². The number of nitrogens with zero attached hydrogens (tertiary/aromatic N) is 2. The van der Waals surface area contributed by atoms with Crippen LogP contribution in [-0.2, 0) is 0 Å². The summed E-state index contributed by atoms with van der Waals surface area (Å²) in [7, 11) is 1.40. The first-order chi connectivity index (χ1) is 12.6. The van der Waals surface area contributed by atoms with E-state index in [0.29, 0.717) is 16.4 Å². The van der Waals surface area contributed by atoms with Gasteiger partial charge >= 0.3 is 6.03 Å². The number of aromatic nitrogens is 2. The number of rotatable bonds is 5. The van der Waals surface area contributed by atoms with E-state index in [0.717, 1.165) is 5.69 Å². The lowest BCUT2D eigenvalue weighted by Crippen LogP contribution is -2.31. The second-order valence-electron chi connectivity index (χ2n) is 5.47. The van der Waals surface area contributed by atoms with Crippen LogP contribution in [0.5, 0.6) is 5.75 Å². The van der Waals surface area contributed by atoms with Crippen LogP contribution in [0.2, 0.25) is 0 Å². The van der Waals surface area contributed by atoms with Crippen LogP contribution in [0.1, 0.15) is 18.5 Å². The predicted octanol–water partition coefficient (Wildman–Crippen LogP) is 4.24. The van der Waals surface area contributed by atoms with Crippen LogP contribution in [-0.4, -0.2) is 23.1 Å². The number of hydrogen-bond acceptors (Lipinski definition) is 5. The Balaban J connectivity index is 1.62. The Morgan fingerprint density at radius 2 is 2.15 bits per heavy atom. The first-order valence-corrected chi connectivity index (χ1v) is 8.72. The highest BCUT2D eigenvalue weighted by molar-refractivity contribution is 7.13. The number of carbonyl (C=O) groups is 1. The summed E-state index contributed by atoms with van der Waals surface area (Å²) < 4.78 is 18.7. The van der Waals surface area contributed by atoms with E-state index in [1.54, 1.807) is 24.6 Å². The molecular formula is C18H17FN4O2S. The molecule has 0 saturated carbocycles. The van der Waals surface area contributed by atoms with Crippen molar-refractivity contribution in [2.75, 3.05) is 12.4 Å². The van der Waals surface area contributed by atoms with E-state index in [1.807, 2.05) is 18.2 Å². The summed E-state index contributed by atoms with van der Waals surface area (Å²) in [6.07, 6.45) is 1.69. The molecule has 2 heterocycles. The number of hydrogen-bond donors (Lipinski definition) is 2. The van der Waals surface area contributed by atoms with Gasteiger partial charge in [0, 0.05) is 11.6 Å². The summed E-state index contributed by atoms with van der Waals surface area (Å²) in [5, 5.41) is 7.87. The molecule has 134 valence electrons. The number of urea groups is 1. The van der Waals surface area contributed by atoms with Gasteiger partial charge in [0.05, 0.1) is 18.8 Å². The molecule has 0 spiro atoms. The van der Waals surface area contributed by atoms with Crippen molar-refractivity contribution in [3.05, 3.63) is 59.4 Å². The molecule has 1 atom stereocenters. The van der Waals surface area contributed by atoms with Crippen molar-refractivity contribution in [3.8, 4) is 16.5 Å². The Bertz CT molecular complexity index is 901. The fraction of sp³-hybridized carbons (Fsp3) is 0.167. The Hall–Kier alpha value is -3.00. The van der Waals surface area contributed by atoms with Gasteiger partial charge in [-0.1, -0.05) is 12.1 Å². The first-order valence-electron chi connectivity index (χ1n) is 7.84. The van der Waals surface area contributed by atoms with Crippen LogP contribution >= 0.6 is 11.3 Å². The van der Waals surface area contributed by atoms with Gasteiger partial charge in [-0.25, -0.2) is 14.2 Å². The maximum atomic E-state index is 13.8. The zero-order chi connectivity index (χ0) is 18.5. The van der Waals surface area contributed by atoms with Crippen molar-refractivity contribution in [2.24, 2.45) is 0 Å². The minimum Gasteiger partial charge on any atom is -0.494 e. The van der Waals surface area contributed by atoms with Crippen molar-refractivity contribution in [1.82, 2.24) is 15.3 Å². The fourth-order valence-electron chi connectivity index (χ4n) is 2.32. The van der Waals surface area contributed by atoms with Crippen LogP contribution in [0, 0.1) is 5.82 Å². The highest BCUT2D eigenvalue weighted by atomic mass is 32.1. The maximum absolute atomic E-state index is 13.8. The number of nitrogens with one attached hydrogen (secondary N) is 2. The average molecular weight is 372 g/mol. The number of carbonyl (C=O) groups excluding carboxylic acids is 1. The summed E-state index contributed by atoms with van der Waals surface area (Å²) in [6.45, 7) is 1.77. The fourth-order valence-corrected chi connectivity index (χ4v) is 3.05. The second-order valence-corrected chi connectivity index (χ2v) is 6.33. The molecule has 0 unspecified atom stereocenters. The van der Waals surface area contributed by atoms with E-state index in [-0.39, 0.29) is 11.8 Å². The third kappa shape index (κ3) is 4.15. The van der Waals surface area contributed by atoms with E-state index in [4.69, 9.17) is 4.74 Å². The zero-order valence-corrected chi connectivity index (χ0v) is 15.0. The maximum Gasteiger partial charge on any atom is 0.320 e. The van der Waals surface area contributed by atoms with E-state index in [9.17, 15) is 9.18 Å². The summed E-state index contributed by atoms with van der Waals surface area (Å²) >= 11 is 1.39. The number of thiazole rings is 1. The Kier molecular flexibility index (Phi) is 5.43. The number of benzene rings is 1. The molecular weight excluding hydrogens is 355 g/mol. The molecule has 0 saturated heterocycles. The molecule has 2 aromatic heterocycles. The molecule has 0 bridgehead atoms. The minimum absolute atomic E-state index is 0.162. The summed E-state index contributed by atoms with van der Waals surface area (Å²) in [5.41, 5.74) is 1.37. The number of halogens is 1. The van der Waals surface area contributed by atoms with Gasteiger partial charge in [0.25, 0.3) is 0 Å². The lowest BCUT2D eigenvalue weighted by atomic mass is 10.1. The van der Waals surface area contributed by atoms with Gasteiger partial charge in [-0.3, -0.25) is 10.3 Å². The lowest BCUT2D eigenvalue weighted by Gasteiger charge is -2.15. The monoisotopic (exact) mass is 372 g/mol. The molecule has 3 aromatic rings. The van der Waals surface area contributed by atoms with Gasteiger partial charge < -0.3 is 10.1 Å². The summed E-state index contributed by atoms with van der Waals surface area (Å²) in [4.78, 5) is 20.7. The highest BCUT2D eigenvalue weighted by Crippen LogP contribution is 2.24. The molecule has 8 heteroatoms. The summed E-state index contributed by atoms with van der Waals surface area (Å²) in [5.74, 6) is 0.120. The number of amides is 2. The number of anilines is 1. The molecule has 1 aromatic carbocycles. The van der Waals surface area contributed by atoms with Gasteiger partial charge in [0.1, 0.15) is 10.8 Å². The van der Waals surface area contributed by atoms with E-state index >= 15 is 0 Å². The zero-order valence-electron chi connectivity index (χ0n) is 14.2. The van der Waals surface area contributed by atoms with Crippen molar-refractivity contribution >= 4 is 23.2 Å². The lowest BCUT2D eigenvalue weighted by molar-refractivity contribution is 0.249. The molecule has 26 heavy (non-hydrogen) atoms. The second kappa shape index (κ2) is 7.92. The Labute approximate surface area is 154 Å². The Morgan fingerprint density at radius 3 is 2.85 bits per heavy atom. The topological polar surface area (TPSA) is 76.1 Å². The number of ether oxygens (including phenoxy) is 1. The first kappa shape index (κ1) is 17.8. The van der Waals surface area contributed by atoms with Gasteiger partial charge in [-0.2, -0.15) is 0 Å². The van der Waals surface area contributed by atoms with Crippen molar-refractivity contribution in [1.29, 1.82) is 0 Å². The largest absolute Gasteiger partial charge is 0.494 e. The van der Waals surface area contributed by atoms with Crippen LogP contribution in [0.3, 0.4) is 0 Å². The van der Waals surface area contributed by atoms with Crippen LogP contribution < -0.4 is 15.4 Å². The van der Waals surface area contributed by atoms with Crippen LogP contribution in [0.4, 0.5) is 15.0 Å². The van der Waals surface area contributed by atoms with Crippen molar-refractivity contribution in [2.45, 2.75) is 13.0 Å². The van der Waals surface area contributed by atoms with Gasteiger partial charge in [0.2, 0.25) is 0 Å². The van der Waals surface area contributed by atoms with Gasteiger partial charge in [-0.15, -0.1) is 11.3 Å². The molecule has 0 aliphatic carbocycles. The smallest absolute Gasteiger partial charge is 0.320 e. The third-order valence-corrected chi connectivity index (χ3v) is 4.52. The van der Waals surface area contributed by atoms with Crippen LogP contribution in [0.25, 0.3) is 10.7 Å². The van der Waals surface area contributed by atoms with E-state index in [2.05, 4.69) is 20.6 Å². The predicted molar refractivity (Wildman–Crippen MR) is 98.9 cm³/mol. The molecule has 2 amide bonds. The van der Waals surface area contributed by atoms with Gasteiger partial charge in [-0.05, 0) is 36.8 Å². The van der Waals surface area contributed by atoms with E-state index < -0.39 is 11.8 Å². The third-order valence-electron chi connectivity index (χ3n) is 3.65. The standard InChI is InChI=1S/C18H17FN4O2S/c1-11(12-6-7-15(25-2)13(19)9-12)21-18(24)23-16-10-26-17(22-16)14-5-3-4-8-20-14/h3-11H,1-2H3,(H2,21,23,24)/t11-/m0/s1. The van der Waals surface area contributed by atoms with Crippen molar-refractivity contribution < 1.29 is 13.9 Å². The SMILES string of the molecule is COc1ccc([C@H](C)NC(=O)Nc2csc(-c3ccccn3)n2)cc1F. The average Bonchev–Trinajstić information content (AvgIpc) is 3.10. The molecule has 0 aliphatic heterocycles. The Morgan fingerprint density at radius 1 is 1.31 bits per heavy atom. The molecule has 3 rings (SSSR count). The molecule has 0 fully saturated rings. The quantitative estimate of drug-likeness (QED) is 0.702. The normalized spacial score (nSPS) is 11.7. The molecule has 6 nitrogen and oxygen atoms in total. The molecule has 0 aliphatic rings. The van der Waals surface area contributed by atoms with Crippen LogP contribution in [0.15, 0.2) is 48.0 Å². The van der Waals surface area contributed by atoms with Crippen molar-refractivity contribution in [3.63, 3.8) is 0 Å². The van der Waals surface area contributed by atoms with Gasteiger partial charge in [0.15, 0.2) is 11.6 Å². The summed E-state index contributed by atoms with van der Waals surface area (Å²) in [6, 6.07) is 9.31. The number of methoxy groups -OCH3 is 1. The highest BCUT2D eigenvalue weighted by Gasteiger charge is 2.14. The number of pyridine rings is 1. The molecule has 2 N–H and O–H groups in total. The minimum atomic E-state index is -0.474. The molecule has 0 radical (unpaired) electrons.